The van der Waals surface area contributed by atoms with Crippen molar-refractivity contribution in [3.05, 3.63) is 36.6 Å². The van der Waals surface area contributed by atoms with Crippen molar-refractivity contribution in [2.24, 2.45) is 17.6 Å². The molecule has 4 atom stereocenters. The number of phenols is 1. The highest BCUT2D eigenvalue weighted by molar-refractivity contribution is 14.1. The highest BCUT2D eigenvalue weighted by Gasteiger charge is 2.64. The van der Waals surface area contributed by atoms with E-state index in [1.54, 1.807) is 22.6 Å². The molecular formula is C21H23ClIN3O11S. The summed E-state index contributed by atoms with van der Waals surface area (Å²) in [5.74, 6) is -7.14. The highest BCUT2D eigenvalue weighted by atomic mass is 127. The Bertz CT molecular complexity index is 1450. The first-order chi connectivity index (χ1) is 17.3. The Balaban J connectivity index is 0.000000732. The van der Waals surface area contributed by atoms with Crippen LogP contribution in [0.15, 0.2) is 16.9 Å². The maximum Gasteiger partial charge on any atom is 0.394 e. The van der Waals surface area contributed by atoms with Crippen LogP contribution in [0, 0.1) is 15.4 Å². The molecule has 0 radical (unpaired) electrons. The van der Waals surface area contributed by atoms with Crippen LogP contribution in [0.1, 0.15) is 17.5 Å². The lowest BCUT2D eigenvalue weighted by Crippen LogP contribution is -2.65. The number of likely N-dealkylation sites (N-methyl/N-ethyl adjacent to an activating group) is 1. The van der Waals surface area contributed by atoms with Crippen molar-refractivity contribution < 1.29 is 52.3 Å². The summed E-state index contributed by atoms with van der Waals surface area (Å²) in [7, 11) is -1.60. The molecular weight excluding hydrogens is 665 g/mol. The summed E-state index contributed by atoms with van der Waals surface area (Å²) in [6.07, 6.45) is 0.0696. The molecule has 10 N–H and O–H groups in total. The van der Waals surface area contributed by atoms with Gasteiger partial charge in [-0.1, -0.05) is 11.6 Å². The molecule has 0 bridgehead atoms. The number of amides is 1. The Kier molecular flexibility index (Phi) is 7.85. The van der Waals surface area contributed by atoms with E-state index in [0.29, 0.717) is 5.56 Å². The van der Waals surface area contributed by atoms with Crippen LogP contribution in [0.5, 0.6) is 5.75 Å². The van der Waals surface area contributed by atoms with Crippen molar-refractivity contribution in [2.75, 3.05) is 19.8 Å². The summed E-state index contributed by atoms with van der Waals surface area (Å²) < 4.78 is 31.8. The van der Waals surface area contributed by atoms with Gasteiger partial charge < -0.3 is 31.9 Å². The molecule has 1 saturated carbocycles. The van der Waals surface area contributed by atoms with Crippen molar-refractivity contribution in [2.45, 2.75) is 24.5 Å². The number of hydrogen-bond donors (Lipinski definition) is 8. The smallest absolute Gasteiger partial charge is 0.394 e. The third kappa shape index (κ3) is 4.63. The fraction of sp³-hybridized carbons (Fsp3) is 0.381. The molecule has 1 aromatic carbocycles. The Morgan fingerprint density at radius 2 is 1.71 bits per heavy atom. The maximum absolute atomic E-state index is 13.7. The van der Waals surface area contributed by atoms with E-state index in [-0.39, 0.29) is 44.0 Å². The predicted octanol–water partition coefficient (Wildman–Crippen LogP) is 0.151. The van der Waals surface area contributed by atoms with E-state index < -0.39 is 68.4 Å². The molecule has 0 aliphatic heterocycles. The fourth-order valence-electron chi connectivity index (χ4n) is 5.34. The van der Waals surface area contributed by atoms with Crippen molar-refractivity contribution in [3.63, 3.8) is 0 Å². The minimum absolute atomic E-state index is 0.0183. The zero-order chi connectivity index (χ0) is 29.2. The number of rotatable bonds is 2. The second-order valence-electron chi connectivity index (χ2n) is 9.15. The van der Waals surface area contributed by atoms with Crippen LogP contribution in [0.2, 0.25) is 5.02 Å². The Morgan fingerprint density at radius 1 is 1.18 bits per heavy atom. The van der Waals surface area contributed by atoms with Crippen molar-refractivity contribution in [1.29, 1.82) is 0 Å². The van der Waals surface area contributed by atoms with Gasteiger partial charge in [0.15, 0.2) is 11.4 Å². The lowest BCUT2D eigenvalue weighted by atomic mass is 9.57. The molecule has 1 fully saturated rings. The molecule has 38 heavy (non-hydrogen) atoms. The van der Waals surface area contributed by atoms with Gasteiger partial charge >= 0.3 is 10.4 Å². The lowest BCUT2D eigenvalue weighted by Gasteiger charge is -2.50. The normalized spacial score (nSPS) is 26.9. The average Bonchev–Trinajstić information content (AvgIpc) is 2.77. The maximum atomic E-state index is 13.7. The minimum Gasteiger partial charge on any atom is -0.508 e. The van der Waals surface area contributed by atoms with E-state index in [9.17, 15) is 34.8 Å². The standard InChI is InChI=1S/C21H21ClIN3O7.H2O4S/c1-26(2)14-7-4-5-3-6-9(16(28)12(23)11(22)13(6)24)15(27)8(5)18(30)21(7,33)19(31)10(17(14)29)20(25)32;1-5(2,3)4/h5,7,14,27-28,31,33H,3-4,24H2,1-2H3,(H2,25,32);(H2,1,2,3,4)/t5?,7?,14-,21-;/m0./s1. The minimum atomic E-state index is -4.67. The number of nitrogens with two attached hydrogens (primary N) is 2. The van der Waals surface area contributed by atoms with E-state index in [0.717, 1.165) is 0 Å². The Labute approximate surface area is 234 Å². The molecule has 3 aliphatic rings. The van der Waals surface area contributed by atoms with Crippen LogP contribution >= 0.6 is 34.2 Å². The number of benzene rings is 1. The summed E-state index contributed by atoms with van der Waals surface area (Å²) in [6, 6.07) is -1.14. The van der Waals surface area contributed by atoms with E-state index in [4.69, 9.17) is 40.6 Å². The summed E-state index contributed by atoms with van der Waals surface area (Å²) in [6.45, 7) is 0. The molecule has 1 amide bonds. The molecule has 1 aromatic rings. The van der Waals surface area contributed by atoms with Gasteiger partial charge in [-0.05, 0) is 61.0 Å². The third-order valence-corrected chi connectivity index (χ3v) is 8.58. The molecule has 208 valence electrons. The Hall–Kier alpha value is -2.48. The number of primary amides is 1. The van der Waals surface area contributed by atoms with E-state index in [2.05, 4.69) is 0 Å². The van der Waals surface area contributed by atoms with Gasteiger partial charge in [0.2, 0.25) is 5.78 Å². The summed E-state index contributed by atoms with van der Waals surface area (Å²) in [5, 5.41) is 44.1. The van der Waals surface area contributed by atoms with Crippen molar-refractivity contribution in [3.8, 4) is 5.75 Å². The van der Waals surface area contributed by atoms with Gasteiger partial charge in [-0.2, -0.15) is 8.42 Å². The molecule has 0 spiro atoms. The fourth-order valence-corrected chi connectivity index (χ4v) is 6.11. The molecule has 0 saturated heterocycles. The second kappa shape index (κ2) is 9.92. The van der Waals surface area contributed by atoms with Crippen molar-refractivity contribution in [1.82, 2.24) is 4.90 Å². The number of aliphatic hydroxyl groups excluding tert-OH is 2. The second-order valence-corrected chi connectivity index (χ2v) is 11.5. The number of aliphatic hydroxyl groups is 3. The number of Topliss-reactive ketones (excluding diaryl/α,β-unsaturated/α-hetero) is 2. The highest BCUT2D eigenvalue weighted by Crippen LogP contribution is 2.54. The lowest BCUT2D eigenvalue weighted by molar-refractivity contribution is -0.153. The summed E-state index contributed by atoms with van der Waals surface area (Å²) >= 11 is 7.97. The SMILES string of the molecule is CN(C)[C@@H]1C(=O)C(C(N)=O)=C(O)[C@@]2(O)C(=O)C3=C(O)c4c(O)c(I)c(Cl)c(N)c4CC3CC12.O=S(=O)(O)O. The molecule has 0 heterocycles. The van der Waals surface area contributed by atoms with Gasteiger partial charge in [-0.25, -0.2) is 0 Å². The van der Waals surface area contributed by atoms with Crippen LogP contribution in [0.25, 0.3) is 5.76 Å². The van der Waals surface area contributed by atoms with Crippen LogP contribution in [0.3, 0.4) is 0 Å². The number of fused-ring (bicyclic) bond motifs is 3. The number of phenolic OH excluding ortho intramolecular Hbond substituents is 1. The zero-order valence-corrected chi connectivity index (χ0v) is 23.4. The molecule has 0 aromatic heterocycles. The average molecular weight is 688 g/mol. The molecule has 2 unspecified atom stereocenters. The molecule has 14 nitrogen and oxygen atoms in total. The third-order valence-electron chi connectivity index (χ3n) is 6.81. The Morgan fingerprint density at radius 3 is 2.18 bits per heavy atom. The van der Waals surface area contributed by atoms with Crippen LogP contribution in [-0.2, 0) is 31.2 Å². The number of nitrogens with zero attached hydrogens (tertiary/aromatic N) is 1. The first-order valence-electron chi connectivity index (χ1n) is 10.6. The van der Waals surface area contributed by atoms with Crippen LogP contribution < -0.4 is 11.5 Å². The first kappa shape index (κ1) is 30.1. The number of halogens is 2. The number of ketones is 2. The topological polar surface area (TPSA) is 262 Å². The van der Waals surface area contributed by atoms with Gasteiger partial charge in [-0.15, -0.1) is 0 Å². The van der Waals surface area contributed by atoms with E-state index in [1.807, 2.05) is 0 Å². The van der Waals surface area contributed by atoms with E-state index in [1.165, 1.54) is 19.0 Å². The number of anilines is 1. The van der Waals surface area contributed by atoms with E-state index >= 15 is 0 Å². The zero-order valence-electron chi connectivity index (χ0n) is 19.6. The predicted molar refractivity (Wildman–Crippen MR) is 141 cm³/mol. The summed E-state index contributed by atoms with van der Waals surface area (Å²) in [4.78, 5) is 40.0. The summed E-state index contributed by atoms with van der Waals surface area (Å²) in [5.41, 5.74) is 8.04. The van der Waals surface area contributed by atoms with Gasteiger partial charge in [0.1, 0.15) is 22.8 Å². The number of carbonyl (C=O) groups is 3. The first-order valence-corrected chi connectivity index (χ1v) is 13.4. The van der Waals surface area contributed by atoms with Gasteiger partial charge in [0.05, 0.1) is 25.9 Å². The molecule has 3 aliphatic carbocycles. The van der Waals surface area contributed by atoms with Crippen molar-refractivity contribution >= 4 is 73.5 Å². The van der Waals surface area contributed by atoms with Gasteiger partial charge in [0.25, 0.3) is 5.91 Å². The number of aromatic hydroxyl groups is 1. The molecule has 17 heteroatoms. The largest absolute Gasteiger partial charge is 0.508 e. The number of carbonyl (C=O) groups excluding carboxylic acids is 3. The molecule has 4 rings (SSSR count). The van der Waals surface area contributed by atoms with Crippen LogP contribution in [-0.4, -0.2) is 86.1 Å². The number of nitrogen functional groups attached to an aromatic ring is 1. The van der Waals surface area contributed by atoms with Crippen LogP contribution in [0.4, 0.5) is 5.69 Å². The van der Waals surface area contributed by atoms with Gasteiger partial charge in [-0.3, -0.25) is 28.4 Å². The quantitative estimate of drug-likeness (QED) is 0.0678. The number of hydrogen-bond acceptors (Lipinski definition) is 11. The monoisotopic (exact) mass is 687 g/mol. The van der Waals surface area contributed by atoms with Gasteiger partial charge in [0, 0.05) is 11.5 Å².